The van der Waals surface area contributed by atoms with Crippen LogP contribution in [0.25, 0.3) is 0 Å². The Bertz CT molecular complexity index is 1500. The maximum atomic E-state index is 13.3. The maximum absolute atomic E-state index is 13.3. The minimum absolute atomic E-state index is 0.0614. The number of nitrogens with zero attached hydrogens (tertiary/aromatic N) is 2. The second-order valence-corrected chi connectivity index (χ2v) is 10.2. The van der Waals surface area contributed by atoms with Crippen LogP contribution in [0.4, 0.5) is 21.0 Å². The molecule has 0 aliphatic carbocycles. The first-order chi connectivity index (χ1) is 21.0. The van der Waals surface area contributed by atoms with E-state index in [9.17, 15) is 14.4 Å². The van der Waals surface area contributed by atoms with E-state index in [1.54, 1.807) is 6.07 Å². The van der Waals surface area contributed by atoms with E-state index in [1.807, 2.05) is 109 Å². The van der Waals surface area contributed by atoms with Gasteiger partial charge in [-0.05, 0) is 54.3 Å². The van der Waals surface area contributed by atoms with Crippen molar-refractivity contribution in [1.29, 1.82) is 0 Å². The van der Waals surface area contributed by atoms with Crippen LogP contribution in [-0.2, 0) is 22.7 Å². The largest absolute Gasteiger partial charge is 0.443 e. The van der Waals surface area contributed by atoms with Crippen LogP contribution in [0.5, 0.6) is 0 Å². The second-order valence-electron chi connectivity index (χ2n) is 10.2. The lowest BCUT2D eigenvalue weighted by atomic mass is 10.0. The van der Waals surface area contributed by atoms with Gasteiger partial charge < -0.3 is 19.7 Å². The number of carbonyl (C=O) groups is 3. The molecule has 1 aliphatic heterocycles. The fourth-order valence-corrected chi connectivity index (χ4v) is 4.90. The van der Waals surface area contributed by atoms with Crippen molar-refractivity contribution in [2.75, 3.05) is 23.3 Å². The van der Waals surface area contributed by atoms with E-state index < -0.39 is 18.2 Å². The Morgan fingerprint density at radius 1 is 0.767 bits per heavy atom. The molecule has 4 aromatic rings. The Labute approximate surface area is 251 Å². The van der Waals surface area contributed by atoms with E-state index in [4.69, 9.17) is 9.47 Å². The van der Waals surface area contributed by atoms with Gasteiger partial charge in [-0.2, -0.15) is 0 Å². The quantitative estimate of drug-likeness (QED) is 0.235. The third kappa shape index (κ3) is 8.36. The van der Waals surface area contributed by atoms with Crippen molar-refractivity contribution in [3.63, 3.8) is 0 Å². The molecule has 1 atom stereocenters. The van der Waals surface area contributed by atoms with Crippen molar-refractivity contribution in [3.8, 4) is 0 Å². The van der Waals surface area contributed by atoms with Gasteiger partial charge in [-0.1, -0.05) is 84.9 Å². The van der Waals surface area contributed by atoms with Crippen LogP contribution in [0.3, 0.4) is 0 Å². The number of amides is 3. The molecule has 1 aliphatic rings. The summed E-state index contributed by atoms with van der Waals surface area (Å²) >= 11 is 0. The van der Waals surface area contributed by atoms with Crippen molar-refractivity contribution >= 4 is 29.5 Å². The molecule has 43 heavy (non-hydrogen) atoms. The van der Waals surface area contributed by atoms with Gasteiger partial charge in [0, 0.05) is 30.0 Å². The van der Waals surface area contributed by atoms with E-state index >= 15 is 0 Å². The molecule has 0 saturated carbocycles. The average molecular weight is 579 g/mol. The summed E-state index contributed by atoms with van der Waals surface area (Å²) in [5, 5.41) is 4.15. The van der Waals surface area contributed by atoms with E-state index in [2.05, 4.69) is 15.6 Å². The zero-order chi connectivity index (χ0) is 29.9. The Hall–Kier alpha value is -5.31. The summed E-state index contributed by atoms with van der Waals surface area (Å²) in [5.74, 6) is -0.212. The number of hydrogen-bond donors (Lipinski definition) is 2. The molecule has 1 heterocycles. The number of rotatable bonds is 8. The Morgan fingerprint density at radius 3 is 2.07 bits per heavy atom. The lowest BCUT2D eigenvalue weighted by Crippen LogP contribution is -2.57. The second kappa shape index (κ2) is 14.5. The lowest BCUT2D eigenvalue weighted by molar-refractivity contribution is 0.0432. The van der Waals surface area contributed by atoms with Crippen molar-refractivity contribution in [2.45, 2.75) is 32.1 Å². The molecule has 1 fully saturated rings. The molecule has 9 nitrogen and oxygen atoms in total. The summed E-state index contributed by atoms with van der Waals surface area (Å²) in [6, 6.07) is 34.9. The maximum Gasteiger partial charge on any atom is 0.429 e. The molecule has 0 bridgehead atoms. The number of para-hydroxylation sites is 1. The summed E-state index contributed by atoms with van der Waals surface area (Å²) in [4.78, 5) is 41.2. The van der Waals surface area contributed by atoms with Crippen molar-refractivity contribution in [2.24, 2.45) is 0 Å². The number of piperidine rings is 1. The Morgan fingerprint density at radius 2 is 1.40 bits per heavy atom. The van der Waals surface area contributed by atoms with Gasteiger partial charge in [0.25, 0.3) is 5.91 Å². The fourth-order valence-electron chi connectivity index (χ4n) is 4.90. The number of hydrogen-bond acceptors (Lipinski definition) is 6. The van der Waals surface area contributed by atoms with Crippen molar-refractivity contribution in [3.05, 3.63) is 132 Å². The highest BCUT2D eigenvalue weighted by Crippen LogP contribution is 2.24. The van der Waals surface area contributed by atoms with Gasteiger partial charge >= 0.3 is 12.2 Å². The molecule has 220 valence electrons. The van der Waals surface area contributed by atoms with Crippen LogP contribution in [0.15, 0.2) is 115 Å². The molecule has 0 radical (unpaired) electrons. The van der Waals surface area contributed by atoms with Crippen LogP contribution < -0.4 is 15.6 Å². The zero-order valence-corrected chi connectivity index (χ0v) is 23.7. The summed E-state index contributed by atoms with van der Waals surface area (Å²) < 4.78 is 11.0. The number of hydrazine groups is 1. The van der Waals surface area contributed by atoms with Crippen molar-refractivity contribution < 1.29 is 23.9 Å². The minimum Gasteiger partial charge on any atom is -0.443 e. The van der Waals surface area contributed by atoms with E-state index in [0.717, 1.165) is 29.8 Å². The average Bonchev–Trinajstić information content (AvgIpc) is 3.06. The highest BCUT2D eigenvalue weighted by atomic mass is 16.6. The van der Waals surface area contributed by atoms with Crippen LogP contribution in [-0.4, -0.2) is 42.2 Å². The standard InChI is InChI=1S/C34H34N4O5/c39-32(35-29-17-8-3-9-18-29)28-16-10-19-30(22-28)37-21-11-20-31(23-37)38(34(41)43-25-27-14-6-2-7-15-27)36-33(40)42-24-26-12-4-1-5-13-26/h1-10,12-19,22,31H,11,20-21,23-25H2,(H,35,39)(H,36,40). The molecular weight excluding hydrogens is 544 g/mol. The number of anilines is 2. The van der Waals surface area contributed by atoms with Crippen LogP contribution >= 0.6 is 0 Å². The summed E-state index contributed by atoms with van der Waals surface area (Å²) in [5.41, 5.74) is 6.36. The molecule has 0 spiro atoms. The van der Waals surface area contributed by atoms with Gasteiger partial charge in [0.15, 0.2) is 0 Å². The topological polar surface area (TPSA) is 100 Å². The Kier molecular flexibility index (Phi) is 9.87. The van der Waals surface area contributed by atoms with Gasteiger partial charge in [-0.3, -0.25) is 4.79 Å². The van der Waals surface area contributed by atoms with E-state index in [1.165, 1.54) is 5.01 Å². The van der Waals surface area contributed by atoms with Gasteiger partial charge in [-0.15, -0.1) is 0 Å². The predicted octanol–water partition coefficient (Wildman–Crippen LogP) is 6.39. The molecule has 1 unspecified atom stereocenters. The zero-order valence-electron chi connectivity index (χ0n) is 23.7. The smallest absolute Gasteiger partial charge is 0.429 e. The Balaban J connectivity index is 1.28. The number of ether oxygens (including phenoxy) is 2. The SMILES string of the molecule is O=C(NN(C(=O)OCc1ccccc1)C1CCCN(c2cccc(C(=O)Nc3ccccc3)c2)C1)OCc1ccccc1. The molecule has 1 saturated heterocycles. The monoisotopic (exact) mass is 578 g/mol. The molecule has 3 amide bonds. The summed E-state index contributed by atoms with van der Waals surface area (Å²) in [6.07, 6.45) is -0.0288. The van der Waals surface area contributed by atoms with Crippen LogP contribution in [0.2, 0.25) is 0 Å². The normalized spacial score (nSPS) is 14.3. The third-order valence-electron chi connectivity index (χ3n) is 7.09. The fraction of sp³-hybridized carbons (Fsp3) is 0.206. The first-order valence-corrected chi connectivity index (χ1v) is 14.2. The molecule has 4 aromatic carbocycles. The molecule has 5 rings (SSSR count). The van der Waals surface area contributed by atoms with Gasteiger partial charge in [0.1, 0.15) is 13.2 Å². The molecule has 0 aromatic heterocycles. The van der Waals surface area contributed by atoms with Gasteiger partial charge in [0.2, 0.25) is 0 Å². The summed E-state index contributed by atoms with van der Waals surface area (Å²) in [6.45, 7) is 1.27. The number of benzene rings is 4. The van der Waals surface area contributed by atoms with Gasteiger partial charge in [-0.25, -0.2) is 20.0 Å². The van der Waals surface area contributed by atoms with Crippen LogP contribution in [0, 0.1) is 0 Å². The predicted molar refractivity (Wildman–Crippen MR) is 164 cm³/mol. The van der Waals surface area contributed by atoms with Crippen LogP contribution in [0.1, 0.15) is 34.3 Å². The minimum atomic E-state index is -0.753. The molecular formula is C34H34N4O5. The van der Waals surface area contributed by atoms with Crippen molar-refractivity contribution in [1.82, 2.24) is 10.4 Å². The highest BCUT2D eigenvalue weighted by molar-refractivity contribution is 6.04. The third-order valence-corrected chi connectivity index (χ3v) is 7.09. The van der Waals surface area contributed by atoms with E-state index in [-0.39, 0.29) is 19.1 Å². The molecule has 2 N–H and O–H groups in total. The number of nitrogens with one attached hydrogen (secondary N) is 2. The first kappa shape index (κ1) is 29.2. The van der Waals surface area contributed by atoms with Gasteiger partial charge in [0.05, 0.1) is 6.04 Å². The van der Waals surface area contributed by atoms with E-state index in [0.29, 0.717) is 24.2 Å². The lowest BCUT2D eigenvalue weighted by Gasteiger charge is -2.39. The highest BCUT2D eigenvalue weighted by Gasteiger charge is 2.32. The number of carbonyl (C=O) groups excluding carboxylic acids is 3. The first-order valence-electron chi connectivity index (χ1n) is 14.2. The molecule has 9 heteroatoms. The summed E-state index contributed by atoms with van der Waals surface area (Å²) in [7, 11) is 0.